The van der Waals surface area contributed by atoms with E-state index in [0.29, 0.717) is 5.56 Å². The molecule has 0 aliphatic carbocycles. The number of ether oxygens (including phenoxy) is 2. The van der Waals surface area contributed by atoms with Gasteiger partial charge in [-0.15, -0.1) is 0 Å². The molecule has 1 aromatic carbocycles. The van der Waals surface area contributed by atoms with E-state index in [1.807, 2.05) is 0 Å². The van der Waals surface area contributed by atoms with Gasteiger partial charge >= 0.3 is 12.6 Å². The highest BCUT2D eigenvalue weighted by Crippen LogP contribution is 2.18. The number of hydrogen-bond donors (Lipinski definition) is 1. The molecule has 0 aliphatic heterocycles. The molecule has 0 saturated heterocycles. The van der Waals surface area contributed by atoms with Crippen LogP contribution in [0.5, 0.6) is 5.75 Å². The van der Waals surface area contributed by atoms with Crippen molar-refractivity contribution >= 4 is 5.97 Å². The van der Waals surface area contributed by atoms with Gasteiger partial charge in [0.25, 0.3) is 0 Å². The van der Waals surface area contributed by atoms with Gasteiger partial charge in [-0.1, -0.05) is 12.1 Å². The Balaban J connectivity index is 2.74. The number of rotatable bonds is 4. The lowest BCUT2D eigenvalue weighted by Crippen LogP contribution is -2.22. The zero-order valence-electron chi connectivity index (χ0n) is 8.52. The van der Waals surface area contributed by atoms with Crippen molar-refractivity contribution < 1.29 is 23.0 Å². The monoisotopic (exact) mass is 231 g/mol. The minimum absolute atomic E-state index is 0.0100. The van der Waals surface area contributed by atoms with Crippen molar-refractivity contribution in [3.63, 3.8) is 0 Å². The first kappa shape index (κ1) is 12.4. The lowest BCUT2D eigenvalue weighted by atomic mass is 10.1. The average molecular weight is 231 g/mol. The molecule has 0 heterocycles. The van der Waals surface area contributed by atoms with Crippen molar-refractivity contribution in [3.8, 4) is 5.75 Å². The Labute approximate surface area is 91.0 Å². The third-order valence-electron chi connectivity index (χ3n) is 1.92. The molecular formula is C10H11F2NO3. The van der Waals surface area contributed by atoms with Gasteiger partial charge in [0.1, 0.15) is 11.8 Å². The van der Waals surface area contributed by atoms with Gasteiger partial charge in [-0.2, -0.15) is 8.78 Å². The smallest absolute Gasteiger partial charge is 0.387 e. The summed E-state index contributed by atoms with van der Waals surface area (Å²) in [6.45, 7) is -2.87. The van der Waals surface area contributed by atoms with Gasteiger partial charge in [0, 0.05) is 0 Å². The number of alkyl halides is 2. The summed E-state index contributed by atoms with van der Waals surface area (Å²) >= 11 is 0. The number of nitrogens with two attached hydrogens (primary N) is 1. The highest BCUT2D eigenvalue weighted by Gasteiger charge is 2.16. The second-order valence-electron chi connectivity index (χ2n) is 2.95. The van der Waals surface area contributed by atoms with E-state index in [0.717, 1.165) is 0 Å². The van der Waals surface area contributed by atoms with Crippen LogP contribution in [-0.4, -0.2) is 19.7 Å². The summed E-state index contributed by atoms with van der Waals surface area (Å²) in [5.41, 5.74) is 6.00. The van der Waals surface area contributed by atoms with E-state index < -0.39 is 18.6 Å². The highest BCUT2D eigenvalue weighted by atomic mass is 19.3. The van der Waals surface area contributed by atoms with Crippen LogP contribution in [0, 0.1) is 0 Å². The van der Waals surface area contributed by atoms with Crippen LogP contribution in [0.15, 0.2) is 24.3 Å². The standard InChI is InChI=1S/C10H11F2NO3/c1-15-9(14)8(13)6-2-4-7(5-3-6)16-10(11)12/h2-5,8,10H,13H2,1H3/t8-/m0/s1. The number of esters is 1. The topological polar surface area (TPSA) is 61.5 Å². The molecule has 1 atom stereocenters. The maximum Gasteiger partial charge on any atom is 0.387 e. The molecule has 0 fully saturated rings. The lowest BCUT2D eigenvalue weighted by Gasteiger charge is -2.10. The maximum atomic E-state index is 11.8. The fourth-order valence-electron chi connectivity index (χ4n) is 1.12. The summed E-state index contributed by atoms with van der Waals surface area (Å²) < 4.78 is 32.3. The van der Waals surface area contributed by atoms with E-state index >= 15 is 0 Å². The number of hydrogen-bond acceptors (Lipinski definition) is 4. The minimum atomic E-state index is -2.87. The Morgan fingerprint density at radius 1 is 1.31 bits per heavy atom. The van der Waals surface area contributed by atoms with Gasteiger partial charge in [-0.25, -0.2) is 0 Å². The normalized spacial score (nSPS) is 12.3. The highest BCUT2D eigenvalue weighted by molar-refractivity contribution is 5.77. The Bertz CT molecular complexity index is 354. The molecule has 16 heavy (non-hydrogen) atoms. The summed E-state index contributed by atoms with van der Waals surface area (Å²) in [4.78, 5) is 11.1. The van der Waals surface area contributed by atoms with Crippen LogP contribution < -0.4 is 10.5 Å². The van der Waals surface area contributed by atoms with Gasteiger partial charge in [0.05, 0.1) is 7.11 Å². The molecule has 1 aromatic rings. The fraction of sp³-hybridized carbons (Fsp3) is 0.300. The van der Waals surface area contributed by atoms with Gasteiger partial charge < -0.3 is 15.2 Å². The van der Waals surface area contributed by atoms with Crippen LogP contribution >= 0.6 is 0 Å². The molecule has 6 heteroatoms. The van der Waals surface area contributed by atoms with E-state index in [1.54, 1.807) is 0 Å². The van der Waals surface area contributed by atoms with E-state index in [9.17, 15) is 13.6 Å². The number of carbonyl (C=O) groups is 1. The predicted octanol–water partition coefficient (Wildman–Crippen LogP) is 1.46. The Morgan fingerprint density at radius 3 is 2.31 bits per heavy atom. The first-order valence-electron chi connectivity index (χ1n) is 4.42. The third kappa shape index (κ3) is 3.16. The molecule has 4 nitrogen and oxygen atoms in total. The van der Waals surface area contributed by atoms with Gasteiger partial charge in [-0.3, -0.25) is 4.79 Å². The van der Waals surface area contributed by atoms with Crippen LogP contribution in [0.25, 0.3) is 0 Å². The molecule has 0 radical (unpaired) electrons. The van der Waals surface area contributed by atoms with Gasteiger partial charge in [0.2, 0.25) is 0 Å². The quantitative estimate of drug-likeness (QED) is 0.797. The van der Waals surface area contributed by atoms with E-state index in [1.165, 1.54) is 31.4 Å². The number of halogens is 2. The van der Waals surface area contributed by atoms with Crippen LogP contribution in [0.1, 0.15) is 11.6 Å². The molecule has 0 saturated carbocycles. The summed E-state index contributed by atoms with van der Waals surface area (Å²) in [7, 11) is 1.22. The van der Waals surface area contributed by atoms with Crippen molar-refractivity contribution in [1.29, 1.82) is 0 Å². The summed E-state index contributed by atoms with van der Waals surface area (Å²) in [6, 6.07) is 4.55. The summed E-state index contributed by atoms with van der Waals surface area (Å²) in [5.74, 6) is -0.585. The molecule has 0 amide bonds. The van der Waals surface area contributed by atoms with E-state index in [-0.39, 0.29) is 5.75 Å². The predicted molar refractivity (Wildman–Crippen MR) is 52.0 cm³/mol. The first-order valence-corrected chi connectivity index (χ1v) is 4.42. The second kappa shape index (κ2) is 5.41. The molecule has 1 rings (SSSR count). The molecule has 0 unspecified atom stereocenters. The molecule has 0 spiro atoms. The molecule has 0 aromatic heterocycles. The fourth-order valence-corrected chi connectivity index (χ4v) is 1.12. The van der Waals surface area contributed by atoms with Crippen LogP contribution in [0.3, 0.4) is 0 Å². The van der Waals surface area contributed by atoms with Crippen molar-refractivity contribution in [3.05, 3.63) is 29.8 Å². The number of carbonyl (C=O) groups excluding carboxylic acids is 1. The van der Waals surface area contributed by atoms with Crippen LogP contribution in [0.2, 0.25) is 0 Å². The molecule has 88 valence electrons. The lowest BCUT2D eigenvalue weighted by molar-refractivity contribution is -0.142. The molecule has 2 N–H and O–H groups in total. The van der Waals surface area contributed by atoms with E-state index in [2.05, 4.69) is 9.47 Å². The van der Waals surface area contributed by atoms with Crippen molar-refractivity contribution in [2.75, 3.05) is 7.11 Å². The molecular weight excluding hydrogens is 220 g/mol. The van der Waals surface area contributed by atoms with Crippen molar-refractivity contribution in [2.45, 2.75) is 12.7 Å². The summed E-state index contributed by atoms with van der Waals surface area (Å²) in [6.07, 6.45) is 0. The average Bonchev–Trinajstić information content (AvgIpc) is 2.27. The van der Waals surface area contributed by atoms with Crippen molar-refractivity contribution in [1.82, 2.24) is 0 Å². The van der Waals surface area contributed by atoms with Gasteiger partial charge in [-0.05, 0) is 17.7 Å². The number of benzene rings is 1. The number of methoxy groups -OCH3 is 1. The van der Waals surface area contributed by atoms with Crippen LogP contribution in [-0.2, 0) is 9.53 Å². The van der Waals surface area contributed by atoms with Crippen LogP contribution in [0.4, 0.5) is 8.78 Å². The molecule has 0 bridgehead atoms. The van der Waals surface area contributed by atoms with Crippen molar-refractivity contribution in [2.24, 2.45) is 5.73 Å². The first-order chi connectivity index (χ1) is 7.54. The SMILES string of the molecule is COC(=O)[C@@H](N)c1ccc(OC(F)F)cc1. The zero-order valence-corrected chi connectivity index (χ0v) is 8.52. The second-order valence-corrected chi connectivity index (χ2v) is 2.95. The Hall–Kier alpha value is -1.69. The maximum absolute atomic E-state index is 11.8. The Morgan fingerprint density at radius 2 is 1.88 bits per heavy atom. The minimum Gasteiger partial charge on any atom is -0.468 e. The third-order valence-corrected chi connectivity index (χ3v) is 1.92. The van der Waals surface area contributed by atoms with E-state index in [4.69, 9.17) is 5.73 Å². The van der Waals surface area contributed by atoms with Gasteiger partial charge in [0.15, 0.2) is 0 Å². The summed E-state index contributed by atoms with van der Waals surface area (Å²) in [5, 5.41) is 0. The Kier molecular flexibility index (Phi) is 4.19. The zero-order chi connectivity index (χ0) is 12.1. The molecule has 0 aliphatic rings. The largest absolute Gasteiger partial charge is 0.468 e.